The Kier molecular flexibility index (Phi) is 6.09. The van der Waals surface area contributed by atoms with Crippen molar-refractivity contribution in [2.24, 2.45) is 0 Å². The average Bonchev–Trinajstić information content (AvgIpc) is 3.47. The molecule has 15 heteroatoms. The smallest absolute Gasteiger partial charge is 0.294 e. The number of nitrogens with zero attached hydrogens (tertiary/aromatic N) is 3. The number of anilines is 1. The number of fused-ring (bicyclic) bond motifs is 2. The van der Waals surface area contributed by atoms with Gasteiger partial charge in [-0.3, -0.25) is 34.3 Å². The summed E-state index contributed by atoms with van der Waals surface area (Å²) in [7, 11) is 0. The number of hydrogen-bond donors (Lipinski definition) is 0. The molecule has 2 atom stereocenters. The van der Waals surface area contributed by atoms with Crippen LogP contribution in [-0.2, 0) is 4.79 Å². The monoisotopic (exact) mass is 627 g/mol. The van der Waals surface area contributed by atoms with Gasteiger partial charge in [0.2, 0.25) is 6.79 Å². The van der Waals surface area contributed by atoms with E-state index >= 15 is 0 Å². The molecule has 3 heterocycles. The Morgan fingerprint density at radius 2 is 1.38 bits per heavy atom. The number of ether oxygens (including phenoxy) is 2. The van der Waals surface area contributed by atoms with Crippen LogP contribution in [-0.4, -0.2) is 40.4 Å². The minimum absolute atomic E-state index is 0.0326. The van der Waals surface area contributed by atoms with Crippen LogP contribution in [0.2, 0.25) is 25.1 Å². The number of hydrogen-bond acceptors (Lipinski definition) is 7. The van der Waals surface area contributed by atoms with E-state index in [0.29, 0.717) is 22.0 Å². The fourth-order valence-electron chi connectivity index (χ4n) is 4.89. The lowest BCUT2D eigenvalue weighted by molar-refractivity contribution is -0.384. The fraction of sp³-hybridized carbons (Fsp3) is 0.125. The van der Waals surface area contributed by atoms with Gasteiger partial charge in [-0.05, 0) is 29.8 Å². The van der Waals surface area contributed by atoms with Crippen LogP contribution in [0.1, 0.15) is 32.3 Å². The molecule has 198 valence electrons. The number of carbonyl (C=O) groups excluding carboxylic acids is 3. The third kappa shape index (κ3) is 3.66. The quantitative estimate of drug-likeness (QED) is 0.0825. The highest BCUT2D eigenvalue weighted by atomic mass is 35.5. The van der Waals surface area contributed by atoms with Crippen molar-refractivity contribution in [2.45, 2.75) is 12.1 Å². The number of nitro benzene ring substituents is 1. The molecule has 6 rings (SSSR count). The third-order valence-corrected chi connectivity index (χ3v) is 8.65. The molecule has 39 heavy (non-hydrogen) atoms. The lowest BCUT2D eigenvalue weighted by atomic mass is 9.86. The summed E-state index contributed by atoms with van der Waals surface area (Å²) in [5, 5.41) is 10.9. The van der Waals surface area contributed by atoms with Crippen molar-refractivity contribution in [3.63, 3.8) is 0 Å². The van der Waals surface area contributed by atoms with E-state index in [0.717, 1.165) is 11.0 Å². The van der Waals surface area contributed by atoms with E-state index in [9.17, 15) is 24.5 Å². The van der Waals surface area contributed by atoms with E-state index in [1.165, 1.54) is 12.1 Å². The van der Waals surface area contributed by atoms with Gasteiger partial charge in [-0.2, -0.15) is 0 Å². The zero-order chi connectivity index (χ0) is 27.9. The Bertz CT molecular complexity index is 1630. The number of halogens is 5. The highest BCUT2D eigenvalue weighted by Crippen LogP contribution is 2.51. The van der Waals surface area contributed by atoms with Crippen molar-refractivity contribution in [3.8, 4) is 11.5 Å². The molecule has 0 aromatic heterocycles. The SMILES string of the molecule is O=C1c2c(Cl)c(Cl)c(Cl)c(Cl)c2C(=O)N1C1C(=O)N(c2ccc(Cl)cc2[N+](=O)[O-])C1c1ccc2c(c1)OCO2. The highest BCUT2D eigenvalue weighted by Gasteiger charge is 2.59. The second-order valence-corrected chi connectivity index (χ2v) is 10.5. The zero-order valence-corrected chi connectivity index (χ0v) is 22.7. The summed E-state index contributed by atoms with van der Waals surface area (Å²) >= 11 is 30.7. The molecule has 3 aliphatic rings. The van der Waals surface area contributed by atoms with Gasteiger partial charge >= 0.3 is 0 Å². The van der Waals surface area contributed by atoms with Crippen LogP contribution in [0.4, 0.5) is 11.4 Å². The summed E-state index contributed by atoms with van der Waals surface area (Å²) in [6.07, 6.45) is 0. The van der Waals surface area contributed by atoms with Crippen LogP contribution in [0, 0.1) is 10.1 Å². The normalized spacial score (nSPS) is 19.5. The first-order chi connectivity index (χ1) is 18.5. The summed E-state index contributed by atoms with van der Waals surface area (Å²) < 4.78 is 10.8. The Morgan fingerprint density at radius 3 is 2.00 bits per heavy atom. The summed E-state index contributed by atoms with van der Waals surface area (Å²) in [4.78, 5) is 53.8. The number of imide groups is 1. The first-order valence-electron chi connectivity index (χ1n) is 10.9. The molecular weight excluding hydrogens is 620 g/mol. The molecule has 3 aromatic carbocycles. The average molecular weight is 630 g/mol. The second-order valence-electron chi connectivity index (χ2n) is 8.59. The van der Waals surface area contributed by atoms with Gasteiger partial charge in [0.25, 0.3) is 23.4 Å². The third-order valence-electron chi connectivity index (χ3n) is 6.61. The summed E-state index contributed by atoms with van der Waals surface area (Å²) in [6, 6.07) is 6.03. The van der Waals surface area contributed by atoms with E-state index in [1.54, 1.807) is 18.2 Å². The van der Waals surface area contributed by atoms with Crippen molar-refractivity contribution < 1.29 is 28.8 Å². The molecule has 0 radical (unpaired) electrons. The zero-order valence-electron chi connectivity index (χ0n) is 18.9. The maximum Gasteiger partial charge on any atom is 0.294 e. The van der Waals surface area contributed by atoms with Crippen molar-refractivity contribution in [1.29, 1.82) is 0 Å². The van der Waals surface area contributed by atoms with Gasteiger partial charge in [0.1, 0.15) is 11.7 Å². The number of nitro groups is 1. The molecule has 3 amide bonds. The molecule has 1 fully saturated rings. The highest BCUT2D eigenvalue weighted by molar-refractivity contribution is 6.55. The van der Waals surface area contributed by atoms with E-state index in [-0.39, 0.29) is 48.7 Å². The number of β-lactam (4-membered cyclic amide) rings is 1. The predicted molar refractivity (Wildman–Crippen MR) is 142 cm³/mol. The Hall–Kier alpha value is -3.28. The van der Waals surface area contributed by atoms with Crippen LogP contribution in [0.15, 0.2) is 36.4 Å². The topological polar surface area (TPSA) is 119 Å². The molecule has 1 saturated heterocycles. The summed E-state index contributed by atoms with van der Waals surface area (Å²) in [5.74, 6) is -1.83. The minimum atomic E-state index is -1.43. The first kappa shape index (κ1) is 26.0. The fourth-order valence-corrected chi connectivity index (χ4v) is 6.07. The Balaban J connectivity index is 1.51. The maximum absolute atomic E-state index is 13.7. The van der Waals surface area contributed by atoms with Crippen LogP contribution in [0.5, 0.6) is 11.5 Å². The Labute approximate surface area is 243 Å². The van der Waals surface area contributed by atoms with Crippen LogP contribution >= 0.6 is 58.0 Å². The number of amides is 3. The Morgan fingerprint density at radius 1 is 0.769 bits per heavy atom. The van der Waals surface area contributed by atoms with E-state index < -0.39 is 40.4 Å². The molecule has 2 unspecified atom stereocenters. The minimum Gasteiger partial charge on any atom is -0.454 e. The van der Waals surface area contributed by atoms with Crippen molar-refractivity contribution in [2.75, 3.05) is 11.7 Å². The van der Waals surface area contributed by atoms with Crippen LogP contribution in [0.25, 0.3) is 0 Å². The lowest BCUT2D eigenvalue weighted by Crippen LogP contribution is -2.67. The summed E-state index contributed by atoms with van der Waals surface area (Å²) in [6.45, 7) is -0.0326. The van der Waals surface area contributed by atoms with Crippen molar-refractivity contribution >= 4 is 87.1 Å². The van der Waals surface area contributed by atoms with Gasteiger partial charge in [0, 0.05) is 11.1 Å². The van der Waals surface area contributed by atoms with Crippen molar-refractivity contribution in [1.82, 2.24) is 4.90 Å². The van der Waals surface area contributed by atoms with Gasteiger partial charge in [0.05, 0.1) is 42.2 Å². The molecule has 3 aliphatic heterocycles. The van der Waals surface area contributed by atoms with Crippen molar-refractivity contribution in [3.05, 3.63) is 88.3 Å². The molecule has 0 spiro atoms. The first-order valence-corrected chi connectivity index (χ1v) is 12.8. The van der Waals surface area contributed by atoms with Crippen LogP contribution < -0.4 is 14.4 Å². The van der Waals surface area contributed by atoms with Gasteiger partial charge in [-0.25, -0.2) is 0 Å². The lowest BCUT2D eigenvalue weighted by Gasteiger charge is -2.49. The molecule has 0 aliphatic carbocycles. The molecule has 0 saturated carbocycles. The maximum atomic E-state index is 13.7. The van der Waals surface area contributed by atoms with Gasteiger partial charge < -0.3 is 9.47 Å². The molecule has 10 nitrogen and oxygen atoms in total. The van der Waals surface area contributed by atoms with Gasteiger partial charge in [-0.15, -0.1) is 0 Å². The van der Waals surface area contributed by atoms with Gasteiger partial charge in [-0.1, -0.05) is 64.1 Å². The van der Waals surface area contributed by atoms with E-state index in [1.807, 2.05) is 0 Å². The van der Waals surface area contributed by atoms with Gasteiger partial charge in [0.15, 0.2) is 11.5 Å². The van der Waals surface area contributed by atoms with Crippen LogP contribution in [0.3, 0.4) is 0 Å². The van der Waals surface area contributed by atoms with E-state index in [4.69, 9.17) is 67.5 Å². The predicted octanol–water partition coefficient (Wildman–Crippen LogP) is 6.34. The molecule has 3 aromatic rings. The standard InChI is InChI=1S/C24H10Cl5N3O7/c25-9-2-3-10(11(6-9)32(36)37)30-20(8-1-4-12-13(5-8)39-7-38-12)21(24(30)35)31-22(33)14-15(23(31)34)17(27)19(29)18(28)16(14)26/h1-6,20-21H,7H2. The van der Waals surface area contributed by atoms with E-state index in [2.05, 4.69) is 0 Å². The molecule has 0 N–H and O–H groups in total. The number of benzene rings is 3. The number of rotatable bonds is 4. The second kappa shape index (κ2) is 9.14. The molecule has 0 bridgehead atoms. The number of carbonyl (C=O) groups is 3. The largest absolute Gasteiger partial charge is 0.454 e. The summed E-state index contributed by atoms with van der Waals surface area (Å²) in [5.41, 5.74) is -0.736. The molecular formula is C24H10Cl5N3O7.